The van der Waals surface area contributed by atoms with E-state index in [2.05, 4.69) is 4.98 Å². The zero-order valence-electron chi connectivity index (χ0n) is 8.66. The lowest BCUT2D eigenvalue weighted by Crippen LogP contribution is -2.12. The van der Waals surface area contributed by atoms with Crippen LogP contribution in [-0.4, -0.2) is 22.1 Å². The quantitative estimate of drug-likeness (QED) is 0.893. The SMILES string of the molecule is CSCCC(O)c1cnccc1C(F)(F)F. The van der Waals surface area contributed by atoms with Gasteiger partial charge in [-0.15, -0.1) is 0 Å². The number of hydrogen-bond donors (Lipinski definition) is 1. The van der Waals surface area contributed by atoms with Crippen molar-refractivity contribution < 1.29 is 18.3 Å². The van der Waals surface area contributed by atoms with Gasteiger partial charge in [0.1, 0.15) is 0 Å². The molecule has 0 fully saturated rings. The number of nitrogens with zero attached hydrogens (tertiary/aromatic N) is 1. The molecule has 0 radical (unpaired) electrons. The van der Waals surface area contributed by atoms with Gasteiger partial charge in [0.15, 0.2) is 0 Å². The molecule has 2 nitrogen and oxygen atoms in total. The van der Waals surface area contributed by atoms with E-state index in [0.717, 1.165) is 18.5 Å². The molecule has 0 aliphatic carbocycles. The normalized spacial score (nSPS) is 13.8. The fraction of sp³-hybridized carbons (Fsp3) is 0.500. The van der Waals surface area contributed by atoms with Gasteiger partial charge in [-0.05, 0) is 24.5 Å². The first-order valence-corrected chi connectivity index (χ1v) is 6.04. The maximum atomic E-state index is 12.6. The summed E-state index contributed by atoms with van der Waals surface area (Å²) in [5, 5.41) is 9.64. The van der Waals surface area contributed by atoms with Gasteiger partial charge >= 0.3 is 6.18 Å². The summed E-state index contributed by atoms with van der Waals surface area (Å²) in [6.07, 6.45) is -1.28. The summed E-state index contributed by atoms with van der Waals surface area (Å²) in [5.74, 6) is 0.605. The van der Waals surface area contributed by atoms with Crippen LogP contribution in [0.2, 0.25) is 0 Å². The van der Waals surface area contributed by atoms with E-state index in [0.29, 0.717) is 5.75 Å². The molecule has 0 saturated carbocycles. The lowest BCUT2D eigenvalue weighted by atomic mass is 10.0. The minimum atomic E-state index is -4.45. The molecule has 1 unspecified atom stereocenters. The maximum absolute atomic E-state index is 12.6. The average molecular weight is 251 g/mol. The summed E-state index contributed by atoms with van der Waals surface area (Å²) in [7, 11) is 0. The average Bonchev–Trinajstić information content (AvgIpc) is 2.24. The number of thioether (sulfide) groups is 1. The van der Waals surface area contributed by atoms with Crippen LogP contribution in [0, 0.1) is 0 Å². The van der Waals surface area contributed by atoms with Crippen LogP contribution in [0.3, 0.4) is 0 Å². The van der Waals surface area contributed by atoms with E-state index in [9.17, 15) is 18.3 Å². The van der Waals surface area contributed by atoms with Gasteiger partial charge in [-0.25, -0.2) is 0 Å². The summed E-state index contributed by atoms with van der Waals surface area (Å²) in [4.78, 5) is 3.62. The van der Waals surface area contributed by atoms with Crippen molar-refractivity contribution in [1.82, 2.24) is 4.98 Å². The number of aromatic nitrogens is 1. The van der Waals surface area contributed by atoms with Crippen molar-refractivity contribution >= 4 is 11.8 Å². The predicted octanol–water partition coefficient (Wildman–Crippen LogP) is 2.89. The van der Waals surface area contributed by atoms with Gasteiger partial charge < -0.3 is 5.11 Å². The number of aliphatic hydroxyl groups is 1. The molecule has 0 spiro atoms. The van der Waals surface area contributed by atoms with E-state index in [1.807, 2.05) is 6.26 Å². The van der Waals surface area contributed by atoms with Gasteiger partial charge in [0.2, 0.25) is 0 Å². The molecular formula is C10H12F3NOS. The number of rotatable bonds is 4. The number of halogens is 3. The first kappa shape index (κ1) is 13.3. The molecule has 1 aromatic rings. The zero-order valence-corrected chi connectivity index (χ0v) is 9.48. The molecule has 1 atom stereocenters. The highest BCUT2D eigenvalue weighted by Gasteiger charge is 2.34. The Morgan fingerprint density at radius 1 is 1.50 bits per heavy atom. The van der Waals surface area contributed by atoms with E-state index in [-0.39, 0.29) is 12.0 Å². The minimum absolute atomic E-state index is 0.149. The van der Waals surface area contributed by atoms with Gasteiger partial charge in [0.25, 0.3) is 0 Å². The molecular weight excluding hydrogens is 239 g/mol. The number of pyridine rings is 1. The van der Waals surface area contributed by atoms with Crippen molar-refractivity contribution in [3.8, 4) is 0 Å². The molecule has 0 amide bonds. The molecule has 1 heterocycles. The third kappa shape index (κ3) is 3.38. The van der Waals surface area contributed by atoms with Gasteiger partial charge in [0.05, 0.1) is 11.7 Å². The molecule has 1 N–H and O–H groups in total. The third-order valence-corrected chi connectivity index (χ3v) is 2.76. The van der Waals surface area contributed by atoms with Crippen molar-refractivity contribution in [2.45, 2.75) is 18.7 Å². The molecule has 0 aliphatic heterocycles. The summed E-state index contributed by atoms with van der Waals surface area (Å²) in [5.41, 5.74) is -0.958. The first-order chi connectivity index (χ1) is 7.46. The zero-order chi connectivity index (χ0) is 12.2. The fourth-order valence-electron chi connectivity index (χ4n) is 1.32. The monoisotopic (exact) mass is 251 g/mol. The molecule has 1 rings (SSSR count). The number of aliphatic hydroxyl groups excluding tert-OH is 1. The highest BCUT2D eigenvalue weighted by molar-refractivity contribution is 7.98. The van der Waals surface area contributed by atoms with Gasteiger partial charge in [-0.3, -0.25) is 4.98 Å². The number of alkyl halides is 3. The summed E-state index contributed by atoms with van der Waals surface area (Å²) >= 11 is 1.48. The van der Waals surface area contributed by atoms with E-state index in [1.54, 1.807) is 0 Å². The van der Waals surface area contributed by atoms with Crippen molar-refractivity contribution in [2.75, 3.05) is 12.0 Å². The Morgan fingerprint density at radius 2 is 2.19 bits per heavy atom. The van der Waals surface area contributed by atoms with Crippen LogP contribution in [-0.2, 0) is 6.18 Å². The second-order valence-corrected chi connectivity index (χ2v) is 4.24. The minimum Gasteiger partial charge on any atom is -0.388 e. The van der Waals surface area contributed by atoms with Crippen molar-refractivity contribution in [3.63, 3.8) is 0 Å². The molecule has 0 aliphatic rings. The summed E-state index contributed by atoms with van der Waals surface area (Å²) in [6.45, 7) is 0. The van der Waals surface area contributed by atoms with Gasteiger partial charge in [-0.2, -0.15) is 24.9 Å². The molecule has 1 aromatic heterocycles. The van der Waals surface area contributed by atoms with E-state index in [4.69, 9.17) is 0 Å². The van der Waals surface area contributed by atoms with Crippen LogP contribution in [0.25, 0.3) is 0 Å². The largest absolute Gasteiger partial charge is 0.416 e. The Kier molecular flexibility index (Phi) is 4.61. The van der Waals surface area contributed by atoms with Crippen LogP contribution >= 0.6 is 11.8 Å². The van der Waals surface area contributed by atoms with E-state index < -0.39 is 17.8 Å². The fourth-order valence-corrected chi connectivity index (χ4v) is 1.77. The lowest BCUT2D eigenvalue weighted by molar-refractivity contribution is -0.139. The molecule has 0 aromatic carbocycles. The summed E-state index contributed by atoms with van der Waals surface area (Å²) < 4.78 is 37.8. The second-order valence-electron chi connectivity index (χ2n) is 3.26. The van der Waals surface area contributed by atoms with Gasteiger partial charge in [0, 0.05) is 18.0 Å². The molecule has 90 valence electrons. The highest BCUT2D eigenvalue weighted by Crippen LogP contribution is 2.34. The van der Waals surface area contributed by atoms with Crippen molar-refractivity contribution in [1.29, 1.82) is 0 Å². The Bertz CT molecular complexity index is 343. The standard InChI is InChI=1S/C10H12F3NOS/c1-16-5-3-9(15)7-6-14-4-2-8(7)10(11,12)13/h2,4,6,9,15H,3,5H2,1H3. The Hall–Kier alpha value is -0.750. The number of hydrogen-bond acceptors (Lipinski definition) is 3. The molecule has 16 heavy (non-hydrogen) atoms. The molecule has 0 bridgehead atoms. The van der Waals surface area contributed by atoms with E-state index in [1.165, 1.54) is 11.8 Å². The Balaban J connectivity index is 2.94. The maximum Gasteiger partial charge on any atom is 0.416 e. The highest BCUT2D eigenvalue weighted by atomic mass is 32.2. The van der Waals surface area contributed by atoms with Crippen LogP contribution in [0.1, 0.15) is 23.7 Å². The predicted molar refractivity (Wildman–Crippen MR) is 57.2 cm³/mol. The topological polar surface area (TPSA) is 33.1 Å². The van der Waals surface area contributed by atoms with Crippen LogP contribution < -0.4 is 0 Å². The summed E-state index contributed by atoms with van der Waals surface area (Å²) in [6, 6.07) is 0.887. The van der Waals surface area contributed by atoms with Crippen molar-refractivity contribution in [2.24, 2.45) is 0 Å². The van der Waals surface area contributed by atoms with Crippen LogP contribution in [0.4, 0.5) is 13.2 Å². The smallest absolute Gasteiger partial charge is 0.388 e. The van der Waals surface area contributed by atoms with Gasteiger partial charge in [-0.1, -0.05) is 0 Å². The molecule has 6 heteroatoms. The van der Waals surface area contributed by atoms with Crippen LogP contribution in [0.5, 0.6) is 0 Å². The molecule has 0 saturated heterocycles. The van der Waals surface area contributed by atoms with E-state index >= 15 is 0 Å². The Labute approximate surface area is 95.9 Å². The van der Waals surface area contributed by atoms with Crippen LogP contribution in [0.15, 0.2) is 18.5 Å². The van der Waals surface area contributed by atoms with Crippen molar-refractivity contribution in [3.05, 3.63) is 29.6 Å². The second kappa shape index (κ2) is 5.54. The lowest BCUT2D eigenvalue weighted by Gasteiger charge is -2.16. The first-order valence-electron chi connectivity index (χ1n) is 4.65. The third-order valence-electron chi connectivity index (χ3n) is 2.11. The Morgan fingerprint density at radius 3 is 2.75 bits per heavy atom.